The molecule has 0 saturated heterocycles. The lowest BCUT2D eigenvalue weighted by atomic mass is 10.1. The Morgan fingerprint density at radius 1 is 1.22 bits per heavy atom. The Labute approximate surface area is 129 Å². The van der Waals surface area contributed by atoms with Gasteiger partial charge in [0.05, 0.1) is 28.5 Å². The number of hydrogen-bond donors (Lipinski definition) is 0. The molecule has 0 N–H and O–H groups in total. The molecule has 1 aliphatic carbocycles. The molecule has 3 aromatic heterocycles. The monoisotopic (exact) mass is 321 g/mol. The van der Waals surface area contributed by atoms with E-state index >= 15 is 0 Å². The Morgan fingerprint density at radius 2 is 1.96 bits per heavy atom. The molecule has 0 unspecified atom stereocenters. The van der Waals surface area contributed by atoms with Crippen LogP contribution in [0.15, 0.2) is 18.5 Å². The fourth-order valence-electron chi connectivity index (χ4n) is 2.84. The SMILES string of the molecule is Cn1cc(-c2cc(C(F)(F)F)c3c(C4CC4)nn(C)c3n2)cn1. The molecule has 120 valence electrons. The number of alkyl halides is 3. The molecule has 5 nitrogen and oxygen atoms in total. The number of pyridine rings is 1. The van der Waals surface area contributed by atoms with Crippen molar-refractivity contribution in [1.29, 1.82) is 0 Å². The van der Waals surface area contributed by atoms with Gasteiger partial charge in [-0.05, 0) is 18.9 Å². The van der Waals surface area contributed by atoms with Crippen LogP contribution in [0.1, 0.15) is 30.0 Å². The van der Waals surface area contributed by atoms with E-state index < -0.39 is 11.7 Å². The van der Waals surface area contributed by atoms with Gasteiger partial charge in [0.1, 0.15) is 0 Å². The van der Waals surface area contributed by atoms with Crippen LogP contribution in [0.4, 0.5) is 13.2 Å². The molecule has 4 rings (SSSR count). The number of nitrogens with zero attached hydrogens (tertiary/aromatic N) is 5. The second kappa shape index (κ2) is 4.56. The van der Waals surface area contributed by atoms with Crippen molar-refractivity contribution in [2.45, 2.75) is 24.9 Å². The van der Waals surface area contributed by atoms with E-state index in [1.165, 1.54) is 15.6 Å². The minimum absolute atomic E-state index is 0.117. The Hall–Kier alpha value is -2.38. The summed E-state index contributed by atoms with van der Waals surface area (Å²) in [4.78, 5) is 4.41. The topological polar surface area (TPSA) is 48.5 Å². The van der Waals surface area contributed by atoms with Crippen LogP contribution in [0.25, 0.3) is 22.3 Å². The van der Waals surface area contributed by atoms with E-state index in [1.54, 1.807) is 20.3 Å². The maximum Gasteiger partial charge on any atom is 0.417 e. The van der Waals surface area contributed by atoms with Crippen molar-refractivity contribution in [1.82, 2.24) is 24.5 Å². The number of aryl methyl sites for hydroxylation is 2. The molecule has 0 amide bonds. The molecule has 23 heavy (non-hydrogen) atoms. The number of fused-ring (bicyclic) bond motifs is 1. The zero-order chi connectivity index (χ0) is 16.4. The van der Waals surface area contributed by atoms with Gasteiger partial charge < -0.3 is 0 Å². The van der Waals surface area contributed by atoms with Crippen molar-refractivity contribution in [3.63, 3.8) is 0 Å². The van der Waals surface area contributed by atoms with Crippen molar-refractivity contribution in [2.24, 2.45) is 14.1 Å². The van der Waals surface area contributed by atoms with Crippen LogP contribution in [0.5, 0.6) is 0 Å². The molecular weight excluding hydrogens is 307 g/mol. The van der Waals surface area contributed by atoms with E-state index in [4.69, 9.17) is 0 Å². The summed E-state index contributed by atoms with van der Waals surface area (Å²) in [6.45, 7) is 0. The van der Waals surface area contributed by atoms with E-state index in [0.29, 0.717) is 11.3 Å². The molecule has 8 heteroatoms. The third-order valence-corrected chi connectivity index (χ3v) is 4.09. The van der Waals surface area contributed by atoms with Gasteiger partial charge in [-0.25, -0.2) is 4.98 Å². The zero-order valence-corrected chi connectivity index (χ0v) is 12.6. The molecule has 1 saturated carbocycles. The average molecular weight is 321 g/mol. The first-order valence-electron chi connectivity index (χ1n) is 7.28. The second-order valence-corrected chi connectivity index (χ2v) is 5.94. The van der Waals surface area contributed by atoms with Gasteiger partial charge in [0.15, 0.2) is 5.65 Å². The number of halogens is 3. The van der Waals surface area contributed by atoms with Crippen LogP contribution < -0.4 is 0 Å². The summed E-state index contributed by atoms with van der Waals surface area (Å²) in [5.74, 6) is 0.117. The van der Waals surface area contributed by atoms with Crippen LogP contribution >= 0.6 is 0 Å². The first-order valence-corrected chi connectivity index (χ1v) is 7.28. The number of hydrogen-bond acceptors (Lipinski definition) is 3. The smallest absolute Gasteiger partial charge is 0.275 e. The fourth-order valence-corrected chi connectivity index (χ4v) is 2.84. The zero-order valence-electron chi connectivity index (χ0n) is 12.6. The standard InChI is InChI=1S/C15H14F3N5/c1-22-7-9(6-19-22)11-5-10(15(16,17)18)12-13(8-3-4-8)21-23(2)14(12)20-11/h5-8H,3-4H2,1-2H3. The van der Waals surface area contributed by atoms with Crippen LogP contribution in [-0.4, -0.2) is 24.5 Å². The van der Waals surface area contributed by atoms with Gasteiger partial charge >= 0.3 is 6.18 Å². The Kier molecular flexibility index (Phi) is 2.82. The molecule has 3 aromatic rings. The predicted octanol–water partition coefficient (Wildman–Crippen LogP) is 3.27. The Morgan fingerprint density at radius 3 is 2.52 bits per heavy atom. The number of rotatable bonds is 2. The van der Waals surface area contributed by atoms with Crippen LogP contribution in [0, 0.1) is 0 Å². The molecule has 0 radical (unpaired) electrons. The summed E-state index contributed by atoms with van der Waals surface area (Å²) < 4.78 is 43.8. The Bertz CT molecular complexity index is 902. The summed E-state index contributed by atoms with van der Waals surface area (Å²) >= 11 is 0. The largest absolute Gasteiger partial charge is 0.417 e. The van der Waals surface area contributed by atoms with Gasteiger partial charge in [0.25, 0.3) is 0 Å². The summed E-state index contributed by atoms with van der Waals surface area (Å²) in [5, 5.41) is 8.44. The van der Waals surface area contributed by atoms with E-state index in [9.17, 15) is 13.2 Å². The van der Waals surface area contributed by atoms with Crippen LogP contribution in [-0.2, 0) is 20.3 Å². The van der Waals surface area contributed by atoms with E-state index in [-0.39, 0.29) is 22.6 Å². The maximum absolute atomic E-state index is 13.6. The van der Waals surface area contributed by atoms with E-state index in [1.807, 2.05) is 0 Å². The van der Waals surface area contributed by atoms with Gasteiger partial charge in [-0.3, -0.25) is 9.36 Å². The lowest BCUT2D eigenvalue weighted by Crippen LogP contribution is -2.08. The molecule has 1 aliphatic rings. The fraction of sp³-hybridized carbons (Fsp3) is 0.400. The minimum atomic E-state index is -4.45. The van der Waals surface area contributed by atoms with Crippen molar-refractivity contribution in [3.8, 4) is 11.3 Å². The van der Waals surface area contributed by atoms with Gasteiger partial charge in [-0.2, -0.15) is 23.4 Å². The lowest BCUT2D eigenvalue weighted by Gasteiger charge is -2.11. The third kappa shape index (κ3) is 2.29. The molecule has 0 aliphatic heterocycles. The number of aromatic nitrogens is 5. The third-order valence-electron chi connectivity index (χ3n) is 4.09. The quantitative estimate of drug-likeness (QED) is 0.728. The molecule has 0 atom stereocenters. The maximum atomic E-state index is 13.6. The van der Waals surface area contributed by atoms with Crippen molar-refractivity contribution in [3.05, 3.63) is 29.7 Å². The highest BCUT2D eigenvalue weighted by atomic mass is 19.4. The molecule has 0 aromatic carbocycles. The molecule has 0 bridgehead atoms. The van der Waals surface area contributed by atoms with Crippen LogP contribution in [0.3, 0.4) is 0 Å². The van der Waals surface area contributed by atoms with E-state index in [2.05, 4.69) is 15.2 Å². The summed E-state index contributed by atoms with van der Waals surface area (Å²) in [7, 11) is 3.34. The molecular formula is C15H14F3N5. The van der Waals surface area contributed by atoms with Gasteiger partial charge in [0.2, 0.25) is 0 Å². The summed E-state index contributed by atoms with van der Waals surface area (Å²) in [6.07, 6.45) is 0.464. The predicted molar refractivity (Wildman–Crippen MR) is 77.7 cm³/mol. The van der Waals surface area contributed by atoms with Crippen molar-refractivity contribution in [2.75, 3.05) is 0 Å². The summed E-state index contributed by atoms with van der Waals surface area (Å²) in [5.41, 5.74) is 0.911. The highest BCUT2D eigenvalue weighted by Gasteiger charge is 2.39. The average Bonchev–Trinajstić information content (AvgIpc) is 3.15. The highest BCUT2D eigenvalue weighted by Crippen LogP contribution is 2.46. The lowest BCUT2D eigenvalue weighted by molar-refractivity contribution is -0.136. The highest BCUT2D eigenvalue weighted by molar-refractivity contribution is 5.86. The molecule has 0 spiro atoms. The molecule has 3 heterocycles. The molecule has 1 fully saturated rings. The first kappa shape index (κ1) is 14.2. The van der Waals surface area contributed by atoms with Gasteiger partial charge in [-0.1, -0.05) is 0 Å². The second-order valence-electron chi connectivity index (χ2n) is 5.94. The summed E-state index contributed by atoms with van der Waals surface area (Å²) in [6, 6.07) is 1.10. The van der Waals surface area contributed by atoms with Crippen molar-refractivity contribution >= 4 is 11.0 Å². The minimum Gasteiger partial charge on any atom is -0.275 e. The van der Waals surface area contributed by atoms with Gasteiger partial charge in [-0.15, -0.1) is 0 Å². The first-order chi connectivity index (χ1) is 10.8. The van der Waals surface area contributed by atoms with Crippen LogP contribution in [0.2, 0.25) is 0 Å². The Balaban J connectivity index is 2.03. The van der Waals surface area contributed by atoms with Crippen molar-refractivity contribution < 1.29 is 13.2 Å². The van der Waals surface area contributed by atoms with Gasteiger partial charge in [0, 0.05) is 31.8 Å². The van der Waals surface area contributed by atoms with E-state index in [0.717, 1.165) is 18.9 Å². The normalized spacial score (nSPS) is 15.5.